The van der Waals surface area contributed by atoms with Gasteiger partial charge in [0.05, 0.1) is 6.61 Å². The summed E-state index contributed by atoms with van der Waals surface area (Å²) in [6, 6.07) is 1.08. The van der Waals surface area contributed by atoms with E-state index in [0.29, 0.717) is 0 Å². The van der Waals surface area contributed by atoms with E-state index in [1.54, 1.807) is 0 Å². The molecular weight excluding hydrogens is 263 g/mol. The zero-order valence-electron chi connectivity index (χ0n) is 9.73. The highest BCUT2D eigenvalue weighted by Gasteiger charge is 2.45. The highest BCUT2D eigenvalue weighted by atomic mass is 19.1. The van der Waals surface area contributed by atoms with Crippen LogP contribution in [-0.2, 0) is 9.47 Å². The third kappa shape index (κ3) is 2.59. The summed E-state index contributed by atoms with van der Waals surface area (Å²) in [5.74, 6) is 0. The van der Waals surface area contributed by atoms with Crippen LogP contribution in [0.4, 0.5) is 4.39 Å². The van der Waals surface area contributed by atoms with Crippen LogP contribution >= 0.6 is 0 Å². The number of rotatable bonds is 4. The predicted molar refractivity (Wildman–Crippen MR) is 59.2 cm³/mol. The molecule has 0 spiro atoms. The molecule has 0 radical (unpaired) electrons. The maximum Gasteiger partial charge on any atom is 0.330 e. The summed E-state index contributed by atoms with van der Waals surface area (Å²) in [5, 5.41) is 18.8. The van der Waals surface area contributed by atoms with Gasteiger partial charge in [0.25, 0.3) is 5.56 Å². The van der Waals surface area contributed by atoms with Crippen LogP contribution in [0.5, 0.6) is 0 Å². The summed E-state index contributed by atoms with van der Waals surface area (Å²) in [7, 11) is 0. The quantitative estimate of drug-likeness (QED) is 0.592. The second-order valence-corrected chi connectivity index (χ2v) is 4.00. The summed E-state index contributed by atoms with van der Waals surface area (Å²) >= 11 is 0. The number of hydrogen-bond acceptors (Lipinski definition) is 6. The molecule has 0 bridgehead atoms. The third-order valence-electron chi connectivity index (χ3n) is 2.87. The van der Waals surface area contributed by atoms with Gasteiger partial charge in [-0.3, -0.25) is 14.3 Å². The van der Waals surface area contributed by atoms with Crippen LogP contribution in [0.1, 0.15) is 6.23 Å². The van der Waals surface area contributed by atoms with Crippen LogP contribution in [-0.4, -0.2) is 51.5 Å². The average molecular weight is 276 g/mol. The zero-order valence-corrected chi connectivity index (χ0v) is 9.73. The molecule has 2 rings (SSSR count). The normalized spacial score (nSPS) is 30.7. The Kier molecular flexibility index (Phi) is 4.10. The number of aromatic nitrogens is 2. The van der Waals surface area contributed by atoms with Crippen LogP contribution < -0.4 is 11.2 Å². The monoisotopic (exact) mass is 276 g/mol. The van der Waals surface area contributed by atoms with E-state index in [4.69, 9.17) is 14.6 Å². The van der Waals surface area contributed by atoms with E-state index in [0.717, 1.165) is 16.8 Å². The topological polar surface area (TPSA) is 114 Å². The SMILES string of the molecule is O=c1ccn([C@H]2O[C@@H](CO)C(O)C2OCF)c(=O)[nH]1. The number of halogens is 1. The Morgan fingerprint density at radius 3 is 2.84 bits per heavy atom. The third-order valence-corrected chi connectivity index (χ3v) is 2.87. The van der Waals surface area contributed by atoms with Gasteiger partial charge in [0.15, 0.2) is 13.1 Å². The van der Waals surface area contributed by atoms with Gasteiger partial charge in [-0.25, -0.2) is 9.18 Å². The molecule has 1 aliphatic heterocycles. The number of alkyl halides is 1. The van der Waals surface area contributed by atoms with Crippen molar-refractivity contribution in [2.75, 3.05) is 13.5 Å². The van der Waals surface area contributed by atoms with E-state index >= 15 is 0 Å². The molecule has 8 nitrogen and oxygen atoms in total. The number of aliphatic hydroxyl groups excluding tert-OH is 2. The molecule has 1 aromatic heterocycles. The molecule has 1 aliphatic rings. The van der Waals surface area contributed by atoms with Gasteiger partial charge in [-0.15, -0.1) is 0 Å². The van der Waals surface area contributed by atoms with Gasteiger partial charge >= 0.3 is 5.69 Å². The largest absolute Gasteiger partial charge is 0.394 e. The maximum atomic E-state index is 12.3. The number of nitrogens with one attached hydrogen (secondary N) is 1. The van der Waals surface area contributed by atoms with Gasteiger partial charge in [0.2, 0.25) is 0 Å². The fourth-order valence-corrected chi connectivity index (χ4v) is 1.97. The lowest BCUT2D eigenvalue weighted by atomic mass is 10.1. The highest BCUT2D eigenvalue weighted by Crippen LogP contribution is 2.30. The van der Waals surface area contributed by atoms with Crippen molar-refractivity contribution in [3.8, 4) is 0 Å². The van der Waals surface area contributed by atoms with Gasteiger partial charge in [0, 0.05) is 12.3 Å². The van der Waals surface area contributed by atoms with Crippen molar-refractivity contribution in [2.45, 2.75) is 24.5 Å². The number of aromatic amines is 1. The number of ether oxygens (including phenoxy) is 2. The van der Waals surface area contributed by atoms with Crippen LogP contribution in [0.15, 0.2) is 21.9 Å². The molecule has 2 unspecified atom stereocenters. The number of hydrogen-bond donors (Lipinski definition) is 3. The molecule has 0 aliphatic carbocycles. The first-order chi connectivity index (χ1) is 9.08. The maximum absolute atomic E-state index is 12.3. The Morgan fingerprint density at radius 2 is 2.26 bits per heavy atom. The Labute approximate surface area is 106 Å². The van der Waals surface area contributed by atoms with E-state index in [9.17, 15) is 19.1 Å². The molecule has 19 heavy (non-hydrogen) atoms. The zero-order chi connectivity index (χ0) is 14.0. The Bertz CT molecular complexity index is 543. The number of nitrogens with zero attached hydrogens (tertiary/aromatic N) is 1. The van der Waals surface area contributed by atoms with Crippen LogP contribution in [0.25, 0.3) is 0 Å². The highest BCUT2D eigenvalue weighted by molar-refractivity contribution is 4.93. The van der Waals surface area contributed by atoms with Crippen LogP contribution in [0.3, 0.4) is 0 Å². The second-order valence-electron chi connectivity index (χ2n) is 4.00. The average Bonchev–Trinajstić information content (AvgIpc) is 2.68. The fraction of sp³-hybridized carbons (Fsp3) is 0.600. The van der Waals surface area contributed by atoms with Crippen molar-refractivity contribution < 1.29 is 24.1 Å². The van der Waals surface area contributed by atoms with Crippen molar-refractivity contribution >= 4 is 0 Å². The van der Waals surface area contributed by atoms with Crippen LogP contribution in [0.2, 0.25) is 0 Å². The first kappa shape index (κ1) is 13.9. The van der Waals surface area contributed by atoms with Crippen molar-refractivity contribution in [1.29, 1.82) is 0 Å². The molecule has 0 saturated carbocycles. The molecule has 1 saturated heterocycles. The molecular formula is C10H13FN2O6. The molecule has 0 amide bonds. The van der Waals surface area contributed by atoms with E-state index in [-0.39, 0.29) is 0 Å². The van der Waals surface area contributed by atoms with E-state index < -0.39 is 49.3 Å². The molecule has 0 aromatic carbocycles. The fourth-order valence-electron chi connectivity index (χ4n) is 1.97. The molecule has 4 atom stereocenters. The number of H-pyrrole nitrogens is 1. The molecule has 3 N–H and O–H groups in total. The lowest BCUT2D eigenvalue weighted by molar-refractivity contribution is -0.0959. The molecule has 2 heterocycles. The Balaban J connectivity index is 2.36. The van der Waals surface area contributed by atoms with Gasteiger partial charge in [0.1, 0.15) is 18.3 Å². The standard InChI is InChI=1S/C10H13FN2O6/c11-4-18-8-7(16)5(3-14)19-9(8)13-2-1-6(15)12-10(13)17/h1-2,5,7-9,14,16H,3-4H2,(H,12,15,17)/t5-,7?,8?,9-/m0/s1. The van der Waals surface area contributed by atoms with E-state index in [1.165, 1.54) is 0 Å². The summed E-state index contributed by atoms with van der Waals surface area (Å²) < 4.78 is 23.2. The van der Waals surface area contributed by atoms with Crippen molar-refractivity contribution in [1.82, 2.24) is 9.55 Å². The van der Waals surface area contributed by atoms with Crippen molar-refractivity contribution in [2.24, 2.45) is 0 Å². The van der Waals surface area contributed by atoms with E-state index in [2.05, 4.69) is 0 Å². The Morgan fingerprint density at radius 1 is 1.53 bits per heavy atom. The van der Waals surface area contributed by atoms with Crippen molar-refractivity contribution in [3.63, 3.8) is 0 Å². The minimum Gasteiger partial charge on any atom is -0.394 e. The van der Waals surface area contributed by atoms with Gasteiger partial charge in [-0.2, -0.15) is 0 Å². The lowest BCUT2D eigenvalue weighted by Gasteiger charge is -2.20. The van der Waals surface area contributed by atoms with Gasteiger partial charge < -0.3 is 19.7 Å². The lowest BCUT2D eigenvalue weighted by Crippen LogP contribution is -2.39. The van der Waals surface area contributed by atoms with Gasteiger partial charge in [-0.1, -0.05) is 0 Å². The first-order valence-electron chi connectivity index (χ1n) is 5.52. The van der Waals surface area contributed by atoms with E-state index in [1.807, 2.05) is 4.98 Å². The summed E-state index contributed by atoms with van der Waals surface area (Å²) in [4.78, 5) is 24.6. The minimum atomic E-state index is -1.29. The molecule has 9 heteroatoms. The molecule has 1 aromatic rings. The second kappa shape index (κ2) is 5.61. The summed E-state index contributed by atoms with van der Waals surface area (Å²) in [5.41, 5.74) is -1.38. The smallest absolute Gasteiger partial charge is 0.330 e. The summed E-state index contributed by atoms with van der Waals surface area (Å²) in [6.45, 7) is -1.69. The first-order valence-corrected chi connectivity index (χ1v) is 5.52. The van der Waals surface area contributed by atoms with Gasteiger partial charge in [-0.05, 0) is 0 Å². The number of aliphatic hydroxyl groups is 2. The molecule has 1 fully saturated rings. The minimum absolute atomic E-state index is 0.512. The molecule has 106 valence electrons. The Hall–Kier alpha value is -1.55. The van der Waals surface area contributed by atoms with Crippen LogP contribution in [0, 0.1) is 0 Å². The summed E-state index contributed by atoms with van der Waals surface area (Å²) in [6.07, 6.45) is -3.43. The van der Waals surface area contributed by atoms with Crippen molar-refractivity contribution in [3.05, 3.63) is 33.1 Å². The predicted octanol–water partition coefficient (Wildman–Crippen LogP) is -1.90.